The number of aryl methyl sites for hydroxylation is 1. The lowest BCUT2D eigenvalue weighted by Gasteiger charge is -2.08. The van der Waals surface area contributed by atoms with Gasteiger partial charge in [0.15, 0.2) is 5.82 Å². The first-order valence-electron chi connectivity index (χ1n) is 6.05. The number of anilines is 1. The van der Waals surface area contributed by atoms with Crippen molar-refractivity contribution in [1.82, 2.24) is 15.4 Å². The van der Waals surface area contributed by atoms with Crippen LogP contribution in [0.3, 0.4) is 0 Å². The van der Waals surface area contributed by atoms with Crippen LogP contribution in [-0.2, 0) is 0 Å². The Morgan fingerprint density at radius 1 is 1.15 bits per heavy atom. The molecule has 0 saturated carbocycles. The molecule has 0 aliphatic rings. The van der Waals surface area contributed by atoms with Crippen molar-refractivity contribution in [2.75, 3.05) is 5.43 Å². The highest BCUT2D eigenvalue weighted by atomic mass is 32.1. The second kappa shape index (κ2) is 5.26. The smallest absolute Gasteiger partial charge is 0.269 e. The third-order valence-electron chi connectivity index (χ3n) is 2.87. The zero-order valence-corrected chi connectivity index (χ0v) is 11.6. The summed E-state index contributed by atoms with van der Waals surface area (Å²) >= 11 is 1.53. The van der Waals surface area contributed by atoms with E-state index in [2.05, 4.69) is 20.8 Å². The molecule has 0 atom stereocenters. The fourth-order valence-corrected chi connectivity index (χ4v) is 2.52. The molecule has 2 N–H and O–H groups in total. The van der Waals surface area contributed by atoms with Gasteiger partial charge in [0.05, 0.1) is 5.39 Å². The minimum absolute atomic E-state index is 0.202. The normalized spacial score (nSPS) is 10.4. The Labute approximate surface area is 119 Å². The molecule has 5 nitrogen and oxygen atoms in total. The first-order valence-corrected chi connectivity index (χ1v) is 6.93. The number of amides is 1. The monoisotopic (exact) mass is 284 g/mol. The van der Waals surface area contributed by atoms with E-state index in [1.807, 2.05) is 30.5 Å². The maximum absolute atomic E-state index is 12.0. The average Bonchev–Trinajstić information content (AvgIpc) is 2.94. The molecule has 1 amide bonds. The van der Waals surface area contributed by atoms with E-state index in [9.17, 15) is 4.79 Å². The third kappa shape index (κ3) is 2.46. The maximum Gasteiger partial charge on any atom is 0.269 e. The van der Waals surface area contributed by atoms with E-state index < -0.39 is 0 Å². The van der Waals surface area contributed by atoms with Crippen molar-refractivity contribution in [3.8, 4) is 0 Å². The summed E-state index contributed by atoms with van der Waals surface area (Å²) in [7, 11) is 0. The predicted molar refractivity (Wildman–Crippen MR) is 79.7 cm³/mol. The number of rotatable bonds is 3. The summed E-state index contributed by atoms with van der Waals surface area (Å²) in [4.78, 5) is 21.2. The largest absolute Gasteiger partial charge is 0.281 e. The number of carbonyl (C=O) groups excluding carboxylic acids is 1. The Balaban J connectivity index is 1.74. The molecule has 20 heavy (non-hydrogen) atoms. The molecule has 2 heterocycles. The van der Waals surface area contributed by atoms with E-state index >= 15 is 0 Å². The lowest BCUT2D eigenvalue weighted by molar-refractivity contribution is 0.0962. The van der Waals surface area contributed by atoms with E-state index in [0.29, 0.717) is 11.4 Å². The third-order valence-corrected chi connectivity index (χ3v) is 3.69. The van der Waals surface area contributed by atoms with Gasteiger partial charge in [-0.15, -0.1) is 11.3 Å². The highest BCUT2D eigenvalue weighted by molar-refractivity contribution is 7.16. The highest BCUT2D eigenvalue weighted by Crippen LogP contribution is 2.23. The number of hydrogen-bond donors (Lipinski definition) is 2. The molecular weight excluding hydrogens is 272 g/mol. The quantitative estimate of drug-likeness (QED) is 0.726. The van der Waals surface area contributed by atoms with Gasteiger partial charge in [0.2, 0.25) is 0 Å². The molecular formula is C14H12N4OS. The predicted octanol–water partition coefficient (Wildman–Crippen LogP) is 2.76. The van der Waals surface area contributed by atoms with E-state index in [-0.39, 0.29) is 5.91 Å². The van der Waals surface area contributed by atoms with Crippen molar-refractivity contribution in [2.24, 2.45) is 0 Å². The van der Waals surface area contributed by atoms with E-state index in [0.717, 1.165) is 15.8 Å². The molecule has 0 saturated heterocycles. The lowest BCUT2D eigenvalue weighted by atomic mass is 10.1. The van der Waals surface area contributed by atoms with Crippen LogP contribution in [0.25, 0.3) is 10.2 Å². The molecule has 3 rings (SSSR count). The Morgan fingerprint density at radius 3 is 2.75 bits per heavy atom. The Morgan fingerprint density at radius 2 is 1.95 bits per heavy atom. The molecule has 3 aromatic rings. The van der Waals surface area contributed by atoms with Gasteiger partial charge in [-0.2, -0.15) is 0 Å². The minimum atomic E-state index is -0.202. The van der Waals surface area contributed by atoms with Gasteiger partial charge in [-0.1, -0.05) is 17.7 Å². The van der Waals surface area contributed by atoms with Crippen molar-refractivity contribution in [3.05, 3.63) is 53.2 Å². The maximum atomic E-state index is 12.0. The molecule has 0 radical (unpaired) electrons. The van der Waals surface area contributed by atoms with Crippen LogP contribution in [0.1, 0.15) is 15.9 Å². The van der Waals surface area contributed by atoms with Crippen LogP contribution in [0.4, 0.5) is 5.82 Å². The number of carbonyl (C=O) groups is 1. The first-order chi connectivity index (χ1) is 9.74. The summed E-state index contributed by atoms with van der Waals surface area (Å²) in [5.74, 6) is 0.392. The molecule has 100 valence electrons. The van der Waals surface area contributed by atoms with Crippen molar-refractivity contribution >= 4 is 33.3 Å². The fraction of sp³-hybridized carbons (Fsp3) is 0.0714. The van der Waals surface area contributed by atoms with Crippen molar-refractivity contribution in [2.45, 2.75) is 6.92 Å². The number of hydrazine groups is 1. The van der Waals surface area contributed by atoms with Crippen LogP contribution >= 0.6 is 11.3 Å². The Bertz CT molecular complexity index is 751. The van der Waals surface area contributed by atoms with Gasteiger partial charge in [-0.25, -0.2) is 9.97 Å². The minimum Gasteiger partial charge on any atom is -0.281 e. The molecule has 0 aliphatic carbocycles. The number of nitrogens with one attached hydrogen (secondary N) is 2. The van der Waals surface area contributed by atoms with E-state index in [4.69, 9.17) is 0 Å². The standard InChI is InChI=1S/C14H12N4OS/c1-9-2-4-10(5-3-9)13(19)18-17-12-11-6-7-20-14(11)16-8-15-12/h2-8H,1H3,(H,18,19)(H,15,16,17). The highest BCUT2D eigenvalue weighted by Gasteiger charge is 2.07. The van der Waals surface area contributed by atoms with Crippen LogP contribution in [0.5, 0.6) is 0 Å². The van der Waals surface area contributed by atoms with Crippen LogP contribution in [0.2, 0.25) is 0 Å². The Kier molecular flexibility index (Phi) is 3.30. The molecule has 0 aliphatic heterocycles. The zero-order chi connectivity index (χ0) is 13.9. The number of nitrogens with zero attached hydrogens (tertiary/aromatic N) is 2. The van der Waals surface area contributed by atoms with Crippen molar-refractivity contribution in [1.29, 1.82) is 0 Å². The summed E-state index contributed by atoms with van der Waals surface area (Å²) in [6, 6.07) is 9.28. The number of benzene rings is 1. The SMILES string of the molecule is Cc1ccc(C(=O)NNc2ncnc3sccc23)cc1. The summed E-state index contributed by atoms with van der Waals surface area (Å²) < 4.78 is 0. The molecule has 6 heteroatoms. The molecule has 2 aromatic heterocycles. The molecule has 0 spiro atoms. The van der Waals surface area contributed by atoms with Crippen LogP contribution in [0, 0.1) is 6.92 Å². The van der Waals surface area contributed by atoms with Crippen LogP contribution in [0.15, 0.2) is 42.0 Å². The number of thiophene rings is 1. The fourth-order valence-electron chi connectivity index (χ4n) is 1.78. The van der Waals surface area contributed by atoms with Gasteiger partial charge in [0.1, 0.15) is 11.2 Å². The zero-order valence-electron chi connectivity index (χ0n) is 10.8. The second-order valence-electron chi connectivity index (χ2n) is 4.31. The van der Waals surface area contributed by atoms with Gasteiger partial charge in [0, 0.05) is 5.56 Å². The number of fused-ring (bicyclic) bond motifs is 1. The summed E-state index contributed by atoms with van der Waals surface area (Å²) in [5.41, 5.74) is 7.20. The van der Waals surface area contributed by atoms with E-state index in [1.165, 1.54) is 17.7 Å². The Hall–Kier alpha value is -2.47. The van der Waals surface area contributed by atoms with Gasteiger partial charge in [-0.3, -0.25) is 15.6 Å². The number of aromatic nitrogens is 2. The molecule has 0 bridgehead atoms. The molecule has 0 fully saturated rings. The van der Waals surface area contributed by atoms with Crippen molar-refractivity contribution < 1.29 is 4.79 Å². The van der Waals surface area contributed by atoms with Gasteiger partial charge in [-0.05, 0) is 30.5 Å². The van der Waals surface area contributed by atoms with Gasteiger partial charge >= 0.3 is 0 Å². The van der Waals surface area contributed by atoms with E-state index in [1.54, 1.807) is 12.1 Å². The van der Waals surface area contributed by atoms with Crippen molar-refractivity contribution in [3.63, 3.8) is 0 Å². The first kappa shape index (κ1) is 12.6. The van der Waals surface area contributed by atoms with Crippen LogP contribution < -0.4 is 10.9 Å². The van der Waals surface area contributed by atoms with Gasteiger partial charge < -0.3 is 0 Å². The molecule has 0 unspecified atom stereocenters. The van der Waals surface area contributed by atoms with Gasteiger partial charge in [0.25, 0.3) is 5.91 Å². The topological polar surface area (TPSA) is 66.9 Å². The summed E-state index contributed by atoms with van der Waals surface area (Å²) in [5, 5.41) is 2.83. The molecule has 1 aromatic carbocycles. The summed E-state index contributed by atoms with van der Waals surface area (Å²) in [6.07, 6.45) is 1.47. The number of hydrogen-bond acceptors (Lipinski definition) is 5. The lowest BCUT2D eigenvalue weighted by Crippen LogP contribution is -2.29. The second-order valence-corrected chi connectivity index (χ2v) is 5.20. The van der Waals surface area contributed by atoms with Crippen LogP contribution in [-0.4, -0.2) is 15.9 Å². The summed E-state index contributed by atoms with van der Waals surface area (Å²) in [6.45, 7) is 1.98. The average molecular weight is 284 g/mol.